The molecule has 0 spiro atoms. The van der Waals surface area contributed by atoms with Gasteiger partial charge in [0, 0.05) is 25.6 Å². The van der Waals surface area contributed by atoms with Crippen LogP contribution in [-0.2, 0) is 21.4 Å². The number of carbonyl (C=O) groups excluding carboxylic acids is 3. The minimum absolute atomic E-state index is 0.0289. The lowest BCUT2D eigenvalue weighted by Gasteiger charge is -2.35. The quantitative estimate of drug-likeness (QED) is 0.512. The topological polar surface area (TPSA) is 126 Å². The smallest absolute Gasteiger partial charge is 0.408 e. The van der Waals surface area contributed by atoms with Gasteiger partial charge in [-0.1, -0.05) is 45.0 Å². The minimum Gasteiger partial charge on any atom is -0.444 e. The molecule has 0 bridgehead atoms. The van der Waals surface area contributed by atoms with Gasteiger partial charge in [-0.3, -0.25) is 14.3 Å². The molecule has 1 aromatic heterocycles. The van der Waals surface area contributed by atoms with Crippen LogP contribution in [0.2, 0.25) is 0 Å². The first-order chi connectivity index (χ1) is 18.0. The van der Waals surface area contributed by atoms with Gasteiger partial charge in [0.05, 0.1) is 18.3 Å². The number of hydrogen-bond donors (Lipinski definition) is 3. The summed E-state index contributed by atoms with van der Waals surface area (Å²) in [4.78, 5) is 40.8. The lowest BCUT2D eigenvalue weighted by Crippen LogP contribution is -2.58. The van der Waals surface area contributed by atoms with Crippen LogP contribution in [0.3, 0.4) is 0 Å². The van der Waals surface area contributed by atoms with Crippen LogP contribution in [0.1, 0.15) is 66.5 Å². The minimum atomic E-state index is -0.981. The number of nitrogens with zero attached hydrogens (tertiary/aromatic N) is 3. The van der Waals surface area contributed by atoms with E-state index in [1.165, 1.54) is 9.58 Å². The molecule has 0 radical (unpaired) electrons. The predicted octanol–water partition coefficient (Wildman–Crippen LogP) is 3.30. The lowest BCUT2D eigenvalue weighted by atomic mass is 9.85. The summed E-state index contributed by atoms with van der Waals surface area (Å²) in [5.41, 5.74) is 0.356. The summed E-state index contributed by atoms with van der Waals surface area (Å²) in [5, 5.41) is 19.9. The van der Waals surface area contributed by atoms with Crippen LogP contribution in [-0.4, -0.2) is 68.0 Å². The molecule has 3 rings (SSSR count). The fraction of sp³-hybridized carbons (Fsp3) is 0.571. The standard InChI is InChI=1S/C28H40FN5O5/c1-16(17-9-11-18(12-10-17)22-20(29)14-30-33(22)8)31-24(36)21-13-19(35)15-34(21)25(37)23(27(2,3)4)32-26(38)39-28(5,6)7/h9-12,14,16,19,21,23,35H,13,15H2,1-8H3,(H,31,36)(H,32,38)/t16-,19+,21-,23+/m0/s1. The van der Waals surface area contributed by atoms with E-state index in [0.29, 0.717) is 11.3 Å². The summed E-state index contributed by atoms with van der Waals surface area (Å²) in [7, 11) is 1.66. The van der Waals surface area contributed by atoms with Crippen molar-refractivity contribution in [2.75, 3.05) is 6.54 Å². The third kappa shape index (κ3) is 7.35. The van der Waals surface area contributed by atoms with E-state index in [9.17, 15) is 23.9 Å². The van der Waals surface area contributed by atoms with Crippen LogP contribution in [0, 0.1) is 11.2 Å². The van der Waals surface area contributed by atoms with Gasteiger partial charge < -0.3 is 25.4 Å². The number of ether oxygens (including phenoxy) is 1. The number of hydrogen-bond acceptors (Lipinski definition) is 6. The maximum Gasteiger partial charge on any atom is 0.408 e. The Balaban J connectivity index is 1.74. The number of halogens is 1. The van der Waals surface area contributed by atoms with E-state index < -0.39 is 59.0 Å². The zero-order valence-electron chi connectivity index (χ0n) is 23.9. The molecule has 3 amide bonds. The van der Waals surface area contributed by atoms with Gasteiger partial charge in [-0.25, -0.2) is 9.18 Å². The molecular weight excluding hydrogens is 505 g/mol. The average Bonchev–Trinajstić information content (AvgIpc) is 3.36. The van der Waals surface area contributed by atoms with E-state index in [4.69, 9.17) is 4.74 Å². The molecule has 214 valence electrons. The van der Waals surface area contributed by atoms with E-state index in [-0.39, 0.29) is 13.0 Å². The summed E-state index contributed by atoms with van der Waals surface area (Å²) in [5.74, 6) is -1.31. The van der Waals surface area contributed by atoms with Crippen molar-refractivity contribution in [2.24, 2.45) is 12.5 Å². The van der Waals surface area contributed by atoms with Crippen molar-refractivity contribution < 1.29 is 28.6 Å². The summed E-state index contributed by atoms with van der Waals surface area (Å²) in [6.45, 7) is 12.4. The maximum atomic E-state index is 14.1. The van der Waals surface area contributed by atoms with Crippen molar-refractivity contribution in [1.29, 1.82) is 0 Å². The molecular formula is C28H40FN5O5. The van der Waals surface area contributed by atoms with Crippen molar-refractivity contribution >= 4 is 17.9 Å². The number of aromatic nitrogens is 2. The van der Waals surface area contributed by atoms with Crippen LogP contribution < -0.4 is 10.6 Å². The van der Waals surface area contributed by atoms with Crippen molar-refractivity contribution in [3.63, 3.8) is 0 Å². The van der Waals surface area contributed by atoms with E-state index in [2.05, 4.69) is 15.7 Å². The first kappa shape index (κ1) is 30.1. The third-order valence-corrected chi connectivity index (χ3v) is 6.58. The van der Waals surface area contributed by atoms with Crippen molar-refractivity contribution in [3.8, 4) is 11.3 Å². The van der Waals surface area contributed by atoms with Gasteiger partial charge in [0.2, 0.25) is 11.8 Å². The number of rotatable bonds is 6. The summed E-state index contributed by atoms with van der Waals surface area (Å²) in [6, 6.07) is 4.77. The summed E-state index contributed by atoms with van der Waals surface area (Å²) in [6.07, 6.45) is -0.385. The summed E-state index contributed by atoms with van der Waals surface area (Å²) >= 11 is 0. The Labute approximate surface area is 228 Å². The SMILES string of the molecule is C[C@H](NC(=O)[C@@H]1C[C@@H](O)CN1C(=O)[C@@H](NC(=O)OC(C)(C)C)C(C)(C)C)c1ccc(-c2c(F)cnn2C)cc1. The lowest BCUT2D eigenvalue weighted by molar-refractivity contribution is -0.142. The molecule has 4 atom stereocenters. The molecule has 10 nitrogen and oxygen atoms in total. The Morgan fingerprint density at radius 3 is 2.23 bits per heavy atom. The fourth-order valence-corrected chi connectivity index (χ4v) is 4.60. The first-order valence-corrected chi connectivity index (χ1v) is 13.0. The first-order valence-electron chi connectivity index (χ1n) is 13.0. The van der Waals surface area contributed by atoms with Crippen LogP contribution >= 0.6 is 0 Å². The highest BCUT2D eigenvalue weighted by atomic mass is 19.1. The fourth-order valence-electron chi connectivity index (χ4n) is 4.60. The number of benzene rings is 1. The van der Waals surface area contributed by atoms with Crippen molar-refractivity contribution in [1.82, 2.24) is 25.3 Å². The van der Waals surface area contributed by atoms with Crippen LogP contribution in [0.25, 0.3) is 11.3 Å². The van der Waals surface area contributed by atoms with Gasteiger partial charge >= 0.3 is 6.09 Å². The number of aryl methyl sites for hydroxylation is 1. The Kier molecular flexibility index (Phi) is 8.74. The van der Waals surface area contributed by atoms with Gasteiger partial charge in [0.1, 0.15) is 23.4 Å². The third-order valence-electron chi connectivity index (χ3n) is 6.58. The molecule has 1 aliphatic heterocycles. The molecule has 11 heteroatoms. The second kappa shape index (κ2) is 11.3. The molecule has 0 saturated carbocycles. The predicted molar refractivity (Wildman–Crippen MR) is 144 cm³/mol. The van der Waals surface area contributed by atoms with Gasteiger partial charge in [0.15, 0.2) is 5.82 Å². The number of aliphatic hydroxyl groups is 1. The van der Waals surface area contributed by atoms with Gasteiger partial charge in [-0.05, 0) is 38.7 Å². The van der Waals surface area contributed by atoms with Crippen LogP contribution in [0.15, 0.2) is 30.5 Å². The zero-order chi connectivity index (χ0) is 29.3. The molecule has 2 heterocycles. The van der Waals surface area contributed by atoms with Crippen LogP contribution in [0.5, 0.6) is 0 Å². The Morgan fingerprint density at radius 1 is 1.10 bits per heavy atom. The zero-order valence-corrected chi connectivity index (χ0v) is 23.9. The molecule has 0 unspecified atom stereocenters. The molecule has 3 N–H and O–H groups in total. The number of β-amino-alcohol motifs (C(OH)–C–C–N with tert-alkyl or cyclic N) is 1. The number of likely N-dealkylation sites (tertiary alicyclic amines) is 1. The molecule has 2 aromatic rings. The highest BCUT2D eigenvalue weighted by Gasteiger charge is 2.45. The number of carbonyl (C=O) groups is 3. The number of alkyl carbamates (subject to hydrolysis) is 1. The van der Waals surface area contributed by atoms with Gasteiger partial charge in [-0.15, -0.1) is 0 Å². The molecule has 0 aliphatic carbocycles. The molecule has 39 heavy (non-hydrogen) atoms. The monoisotopic (exact) mass is 545 g/mol. The molecule has 1 saturated heterocycles. The Hall–Kier alpha value is -3.47. The maximum absolute atomic E-state index is 14.1. The van der Waals surface area contributed by atoms with E-state index in [1.807, 2.05) is 0 Å². The Bertz CT molecular complexity index is 1180. The average molecular weight is 546 g/mol. The van der Waals surface area contributed by atoms with Crippen molar-refractivity contribution in [2.45, 2.75) is 84.7 Å². The molecule has 1 fully saturated rings. The number of amides is 3. The second-order valence-corrected chi connectivity index (χ2v) is 12.2. The largest absolute Gasteiger partial charge is 0.444 e. The van der Waals surface area contributed by atoms with E-state index in [1.54, 1.807) is 79.8 Å². The van der Waals surface area contributed by atoms with Crippen LogP contribution in [0.4, 0.5) is 9.18 Å². The second-order valence-electron chi connectivity index (χ2n) is 12.2. The Morgan fingerprint density at radius 2 is 1.72 bits per heavy atom. The van der Waals surface area contributed by atoms with E-state index in [0.717, 1.165) is 11.8 Å². The van der Waals surface area contributed by atoms with Gasteiger partial charge in [0.25, 0.3) is 0 Å². The molecule has 1 aromatic carbocycles. The van der Waals surface area contributed by atoms with Crippen molar-refractivity contribution in [3.05, 3.63) is 41.8 Å². The highest BCUT2D eigenvalue weighted by Crippen LogP contribution is 2.28. The molecule has 1 aliphatic rings. The number of aliphatic hydroxyl groups excluding tert-OH is 1. The highest BCUT2D eigenvalue weighted by molar-refractivity contribution is 5.92. The number of nitrogens with one attached hydrogen (secondary N) is 2. The summed E-state index contributed by atoms with van der Waals surface area (Å²) < 4.78 is 20.9. The van der Waals surface area contributed by atoms with Gasteiger partial charge in [-0.2, -0.15) is 5.10 Å². The normalized spacial score (nSPS) is 19.4. The van der Waals surface area contributed by atoms with E-state index >= 15 is 0 Å².